The standard InChI is InChI=1S/C12H13F5N2/c1-6(2)9-8(13)3-7(4-18)11(10(9)14)19-5-12(15,16)17/h3-4,6,18-19H,5H2,1-2H3. The third-order valence-corrected chi connectivity index (χ3v) is 2.48. The van der Waals surface area contributed by atoms with Gasteiger partial charge in [0, 0.05) is 17.3 Å². The van der Waals surface area contributed by atoms with E-state index in [2.05, 4.69) is 0 Å². The molecule has 7 heteroatoms. The minimum atomic E-state index is -4.53. The van der Waals surface area contributed by atoms with Gasteiger partial charge < -0.3 is 10.7 Å². The SMILES string of the molecule is CC(C)c1c(F)cc(C=N)c(NCC(F)(F)F)c1F. The second-order valence-corrected chi connectivity index (χ2v) is 4.32. The first-order valence-electron chi connectivity index (χ1n) is 5.50. The molecule has 0 amide bonds. The Balaban J connectivity index is 3.28. The highest BCUT2D eigenvalue weighted by Crippen LogP contribution is 2.30. The summed E-state index contributed by atoms with van der Waals surface area (Å²) in [5.74, 6) is -2.48. The molecule has 0 bridgehead atoms. The van der Waals surface area contributed by atoms with Gasteiger partial charge in [0.05, 0.1) is 5.69 Å². The van der Waals surface area contributed by atoms with Crippen LogP contribution in [-0.2, 0) is 0 Å². The molecule has 0 aromatic heterocycles. The third-order valence-electron chi connectivity index (χ3n) is 2.48. The van der Waals surface area contributed by atoms with Crippen LogP contribution in [0.1, 0.15) is 30.9 Å². The van der Waals surface area contributed by atoms with Crippen molar-refractivity contribution >= 4 is 11.9 Å². The number of nitrogens with one attached hydrogen (secondary N) is 2. The number of hydrogen-bond acceptors (Lipinski definition) is 2. The predicted octanol–water partition coefficient (Wildman–Crippen LogP) is 4.06. The number of alkyl halides is 3. The van der Waals surface area contributed by atoms with E-state index in [1.54, 1.807) is 0 Å². The van der Waals surface area contributed by atoms with Crippen LogP contribution >= 0.6 is 0 Å². The lowest BCUT2D eigenvalue weighted by Crippen LogP contribution is -2.23. The average Bonchev–Trinajstić information content (AvgIpc) is 2.25. The molecule has 0 unspecified atom stereocenters. The van der Waals surface area contributed by atoms with Crippen LogP contribution in [0, 0.1) is 17.0 Å². The molecule has 0 aliphatic heterocycles. The lowest BCUT2D eigenvalue weighted by atomic mass is 9.98. The minimum Gasteiger partial charge on any atom is -0.374 e. The molecule has 1 aromatic rings. The topological polar surface area (TPSA) is 35.9 Å². The van der Waals surface area contributed by atoms with E-state index >= 15 is 0 Å². The summed E-state index contributed by atoms with van der Waals surface area (Å²) >= 11 is 0. The van der Waals surface area contributed by atoms with Crippen LogP contribution in [0.2, 0.25) is 0 Å². The molecule has 106 valence electrons. The van der Waals surface area contributed by atoms with Gasteiger partial charge >= 0.3 is 6.18 Å². The van der Waals surface area contributed by atoms with Crippen molar-refractivity contribution in [2.45, 2.75) is 25.9 Å². The van der Waals surface area contributed by atoms with Crippen molar-refractivity contribution in [2.75, 3.05) is 11.9 Å². The van der Waals surface area contributed by atoms with E-state index in [1.165, 1.54) is 13.8 Å². The van der Waals surface area contributed by atoms with Gasteiger partial charge in [-0.2, -0.15) is 13.2 Å². The fraction of sp³-hybridized carbons (Fsp3) is 0.417. The Morgan fingerprint density at radius 1 is 1.32 bits per heavy atom. The molecule has 19 heavy (non-hydrogen) atoms. The molecule has 0 radical (unpaired) electrons. The first-order valence-corrected chi connectivity index (χ1v) is 5.50. The largest absolute Gasteiger partial charge is 0.405 e. The second-order valence-electron chi connectivity index (χ2n) is 4.32. The first-order chi connectivity index (χ1) is 8.67. The molecular formula is C12H13F5N2. The Hall–Kier alpha value is -1.66. The Bertz CT molecular complexity index is 480. The van der Waals surface area contributed by atoms with Crippen molar-refractivity contribution in [1.82, 2.24) is 0 Å². The summed E-state index contributed by atoms with van der Waals surface area (Å²) in [6, 6.07) is 0.851. The van der Waals surface area contributed by atoms with Gasteiger partial charge in [-0.15, -0.1) is 0 Å². The molecule has 0 saturated heterocycles. The quantitative estimate of drug-likeness (QED) is 0.633. The maximum Gasteiger partial charge on any atom is 0.405 e. The number of halogens is 5. The Morgan fingerprint density at radius 2 is 1.89 bits per heavy atom. The van der Waals surface area contributed by atoms with Gasteiger partial charge in [0.2, 0.25) is 0 Å². The summed E-state index contributed by atoms with van der Waals surface area (Å²) in [5, 5.41) is 8.89. The van der Waals surface area contributed by atoms with Gasteiger partial charge in [-0.05, 0) is 12.0 Å². The molecular weight excluding hydrogens is 267 g/mol. The summed E-state index contributed by atoms with van der Waals surface area (Å²) in [7, 11) is 0. The first kappa shape index (κ1) is 15.4. The minimum absolute atomic E-state index is 0.261. The number of rotatable bonds is 4. The van der Waals surface area contributed by atoms with Gasteiger partial charge in [0.15, 0.2) is 5.82 Å². The van der Waals surface area contributed by atoms with E-state index < -0.39 is 36.0 Å². The van der Waals surface area contributed by atoms with E-state index in [0.717, 1.165) is 6.07 Å². The summed E-state index contributed by atoms with van der Waals surface area (Å²) in [6.45, 7) is 1.60. The van der Waals surface area contributed by atoms with Crippen molar-refractivity contribution in [3.8, 4) is 0 Å². The molecule has 2 nitrogen and oxygen atoms in total. The molecule has 0 heterocycles. The van der Waals surface area contributed by atoms with E-state index in [4.69, 9.17) is 5.41 Å². The molecule has 2 N–H and O–H groups in total. The average molecular weight is 280 g/mol. The Kier molecular flexibility index (Phi) is 4.49. The van der Waals surface area contributed by atoms with Crippen LogP contribution in [-0.4, -0.2) is 18.9 Å². The van der Waals surface area contributed by atoms with Crippen molar-refractivity contribution in [3.63, 3.8) is 0 Å². The number of benzene rings is 1. The van der Waals surface area contributed by atoms with Gasteiger partial charge in [-0.25, -0.2) is 8.78 Å². The second kappa shape index (κ2) is 5.54. The van der Waals surface area contributed by atoms with Crippen LogP contribution in [0.25, 0.3) is 0 Å². The van der Waals surface area contributed by atoms with Gasteiger partial charge in [-0.3, -0.25) is 0 Å². The molecule has 0 aliphatic rings. The number of anilines is 1. The van der Waals surface area contributed by atoms with Crippen molar-refractivity contribution in [3.05, 3.63) is 28.8 Å². The fourth-order valence-corrected chi connectivity index (χ4v) is 1.66. The Labute approximate surface area is 107 Å². The van der Waals surface area contributed by atoms with Crippen LogP contribution in [0.3, 0.4) is 0 Å². The molecule has 0 aliphatic carbocycles. The van der Waals surface area contributed by atoms with Gasteiger partial charge in [0.1, 0.15) is 12.4 Å². The number of hydrogen-bond donors (Lipinski definition) is 2. The summed E-state index contributed by atoms with van der Waals surface area (Å²) in [5.41, 5.74) is -1.06. The van der Waals surface area contributed by atoms with Crippen molar-refractivity contribution < 1.29 is 22.0 Å². The molecule has 0 atom stereocenters. The fourth-order valence-electron chi connectivity index (χ4n) is 1.66. The maximum atomic E-state index is 14.0. The lowest BCUT2D eigenvalue weighted by Gasteiger charge is -2.17. The molecule has 0 spiro atoms. The van der Waals surface area contributed by atoms with Crippen molar-refractivity contribution in [1.29, 1.82) is 5.41 Å². The summed E-state index contributed by atoms with van der Waals surface area (Å²) in [6.07, 6.45) is -3.92. The zero-order valence-corrected chi connectivity index (χ0v) is 10.3. The van der Waals surface area contributed by atoms with E-state index in [9.17, 15) is 22.0 Å². The summed E-state index contributed by atoms with van der Waals surface area (Å²) in [4.78, 5) is 0. The molecule has 1 rings (SSSR count). The van der Waals surface area contributed by atoms with E-state index in [0.29, 0.717) is 6.21 Å². The lowest BCUT2D eigenvalue weighted by molar-refractivity contribution is -0.115. The highest BCUT2D eigenvalue weighted by atomic mass is 19.4. The zero-order valence-electron chi connectivity index (χ0n) is 10.3. The van der Waals surface area contributed by atoms with Crippen LogP contribution in [0.4, 0.5) is 27.6 Å². The monoisotopic (exact) mass is 280 g/mol. The molecule has 0 saturated carbocycles. The van der Waals surface area contributed by atoms with Crippen LogP contribution in [0.5, 0.6) is 0 Å². The third kappa shape index (κ3) is 3.65. The van der Waals surface area contributed by atoms with E-state index in [-0.39, 0.29) is 11.1 Å². The maximum absolute atomic E-state index is 14.0. The van der Waals surface area contributed by atoms with E-state index in [1.807, 2.05) is 5.32 Å². The zero-order chi connectivity index (χ0) is 14.8. The predicted molar refractivity (Wildman–Crippen MR) is 62.9 cm³/mol. The smallest absolute Gasteiger partial charge is 0.374 e. The molecule has 1 aromatic carbocycles. The van der Waals surface area contributed by atoms with Crippen LogP contribution in [0.15, 0.2) is 6.07 Å². The van der Waals surface area contributed by atoms with Gasteiger partial charge in [-0.1, -0.05) is 13.8 Å². The summed E-state index contributed by atoms with van der Waals surface area (Å²) < 4.78 is 64.0. The normalized spacial score (nSPS) is 11.8. The van der Waals surface area contributed by atoms with Crippen LogP contribution < -0.4 is 5.32 Å². The van der Waals surface area contributed by atoms with Gasteiger partial charge in [0.25, 0.3) is 0 Å². The highest BCUT2D eigenvalue weighted by Gasteiger charge is 2.28. The van der Waals surface area contributed by atoms with Crippen molar-refractivity contribution in [2.24, 2.45) is 0 Å². The molecule has 0 fully saturated rings. The highest BCUT2D eigenvalue weighted by molar-refractivity contribution is 5.86. The Morgan fingerprint density at radius 3 is 2.32 bits per heavy atom.